The van der Waals surface area contributed by atoms with Gasteiger partial charge >= 0.3 is 0 Å². The lowest BCUT2D eigenvalue weighted by molar-refractivity contribution is -0.119. The van der Waals surface area contributed by atoms with Crippen LogP contribution in [0.3, 0.4) is 0 Å². The van der Waals surface area contributed by atoms with Crippen molar-refractivity contribution >= 4 is 11.6 Å². The van der Waals surface area contributed by atoms with E-state index >= 15 is 0 Å². The van der Waals surface area contributed by atoms with Crippen LogP contribution in [0.4, 0.5) is 8.78 Å². The van der Waals surface area contributed by atoms with Crippen LogP contribution in [0.1, 0.15) is 253 Å². The molecule has 24 heteroatoms. The number of tetrazole rings is 4. The molecule has 28 atom stereocenters. The molecule has 4 N–H and O–H groups in total. The van der Waals surface area contributed by atoms with Crippen LogP contribution in [-0.4, -0.2) is 144 Å². The molecule has 13 saturated carbocycles. The summed E-state index contributed by atoms with van der Waals surface area (Å²) in [5, 5.41) is 93.8. The number of fused-ring (bicyclic) bond motifs is 20. The predicted octanol–water partition coefficient (Wildman–Crippen LogP) is 17.8. The molecular weight excluding hydrogens is 1570 g/mol. The van der Waals surface area contributed by atoms with E-state index in [1.54, 1.807) is 26.3 Å². The minimum atomic E-state index is -2.66. The number of rotatable bonds is 15. The van der Waals surface area contributed by atoms with Crippen LogP contribution in [0.5, 0.6) is 0 Å². The summed E-state index contributed by atoms with van der Waals surface area (Å²) in [6, 6.07) is 0. The fourth-order valence-electron chi connectivity index (χ4n) is 31.5. The molecule has 4 aromatic heterocycles. The fraction of sp³-hybridized carbons (Fsp3) is 0.758. The third kappa shape index (κ3) is 16.8. The van der Waals surface area contributed by atoms with Gasteiger partial charge in [-0.3, -0.25) is 0 Å². The van der Waals surface area contributed by atoms with Gasteiger partial charge in [0.15, 0.2) is 25.3 Å². The Morgan fingerprint density at radius 3 is 1.05 bits per heavy atom. The number of hydrogen-bond acceptors (Lipinski definition) is 17. The highest BCUT2D eigenvalue weighted by Gasteiger charge is 2.63. The molecule has 0 saturated heterocycles. The second kappa shape index (κ2) is 35.0. The molecule has 123 heavy (non-hydrogen) atoms. The average Bonchev–Trinajstić information content (AvgIpc) is 1.35. The molecule has 0 aromatic carbocycles. The molecule has 0 amide bonds. The molecule has 666 valence electrons. The van der Waals surface area contributed by atoms with Gasteiger partial charge in [-0.15, -0.1) is 40.8 Å². The number of aromatic nitrogens is 16. The lowest BCUT2D eigenvalue weighted by Gasteiger charge is -2.54. The first-order valence-electron chi connectivity index (χ1n) is 47.3. The number of alkyl halides is 2. The van der Waals surface area contributed by atoms with Crippen molar-refractivity contribution in [2.75, 3.05) is 13.7 Å². The second-order valence-corrected chi connectivity index (χ2v) is 43.4. The molecule has 4 heterocycles. The number of aliphatic hydroxyl groups is 4. The van der Waals surface area contributed by atoms with E-state index in [1.807, 2.05) is 0 Å². The van der Waals surface area contributed by atoms with Gasteiger partial charge in [-0.1, -0.05) is 148 Å². The zero-order valence-corrected chi connectivity index (χ0v) is 74.0. The minimum absolute atomic E-state index is 0. The SMILES string of the molecule is C.C=C(Cn1ncnn1)[C@H]1CC[C@H]2[C@@H]3CC=C4C[C@](O)(C#CC5CC5)CC[C@@H]4[C@H]3CC[C@]12C.C=C(Cn1ncnn1)[C@H]1CC[C@H]2[C@@H]3CC=C4C[C@](O)(C#CCl)CC[C@@H]4[C@H]3CC[C@]12C.C=C(Cn1ncnn1)[C@H]1CC[C@H]2[C@@H]3CC=C4C[C@](O)(C(F)F)CC[C@@H]4[C@H]3CC[C@]12C.C=C(Cn1ncnn1)[C@H]1CC[C@H]2[C@@H]3CC=C4C[C@](O)(COC)CC[C@@H]4[C@H]3CC[C@]12C. The minimum Gasteiger partial charge on any atom is -0.387 e. The first-order chi connectivity index (χ1) is 58.6. The summed E-state index contributed by atoms with van der Waals surface area (Å²) in [5.74, 6) is 23.3. The summed E-state index contributed by atoms with van der Waals surface area (Å²) in [7, 11) is 1.70. The van der Waals surface area contributed by atoms with E-state index in [0.29, 0.717) is 133 Å². The Kier molecular flexibility index (Phi) is 25.2. The van der Waals surface area contributed by atoms with Crippen LogP contribution in [0.2, 0.25) is 0 Å². The largest absolute Gasteiger partial charge is 0.387 e. The highest BCUT2D eigenvalue weighted by atomic mass is 35.5. The summed E-state index contributed by atoms with van der Waals surface area (Å²) < 4.78 is 32.1. The highest BCUT2D eigenvalue weighted by molar-refractivity contribution is 6.30. The van der Waals surface area contributed by atoms with E-state index in [1.165, 1.54) is 173 Å². The lowest BCUT2D eigenvalue weighted by Crippen LogP contribution is -2.49. The summed E-state index contributed by atoms with van der Waals surface area (Å²) in [6.07, 6.45) is 49.1. The number of halogens is 3. The van der Waals surface area contributed by atoms with E-state index in [-0.39, 0.29) is 25.7 Å². The maximum absolute atomic E-state index is 13.4. The van der Waals surface area contributed by atoms with E-state index in [2.05, 4.69) is 163 Å². The number of methoxy groups -OCH3 is 1. The van der Waals surface area contributed by atoms with Crippen molar-refractivity contribution in [3.63, 3.8) is 0 Å². The molecule has 4 aromatic rings. The second-order valence-electron chi connectivity index (χ2n) is 43.2. The lowest BCUT2D eigenvalue weighted by atomic mass is 9.51. The Morgan fingerprint density at radius 2 is 0.740 bits per heavy atom. The van der Waals surface area contributed by atoms with Gasteiger partial charge in [0.2, 0.25) is 0 Å². The molecule has 13 fully saturated rings. The van der Waals surface area contributed by atoms with Crippen LogP contribution in [-0.2, 0) is 30.9 Å². The first-order valence-corrected chi connectivity index (χ1v) is 47.6. The normalized spacial score (nSPS) is 42.3. The zero-order valence-electron chi connectivity index (χ0n) is 73.2. The predicted molar refractivity (Wildman–Crippen MR) is 469 cm³/mol. The van der Waals surface area contributed by atoms with E-state index in [0.717, 1.165) is 142 Å². The van der Waals surface area contributed by atoms with Crippen LogP contribution >= 0.6 is 11.6 Å². The Bertz CT molecular complexity index is 4730. The summed E-state index contributed by atoms with van der Waals surface area (Å²) in [5.41, 5.74) is 7.65. The van der Waals surface area contributed by atoms with E-state index < -0.39 is 28.8 Å². The average molecular weight is 1710 g/mol. The van der Waals surface area contributed by atoms with Crippen LogP contribution in [0.25, 0.3) is 0 Å². The molecule has 0 spiro atoms. The number of ether oxygens (including phenoxy) is 1. The summed E-state index contributed by atoms with van der Waals surface area (Å²) >= 11 is 5.61. The van der Waals surface area contributed by atoms with E-state index in [4.69, 9.17) is 16.3 Å². The van der Waals surface area contributed by atoms with Crippen LogP contribution in [0, 0.1) is 169 Å². The van der Waals surface area contributed by atoms with E-state index in [9.17, 15) is 29.2 Å². The van der Waals surface area contributed by atoms with Gasteiger partial charge in [0.25, 0.3) is 6.43 Å². The Balaban J connectivity index is 0.000000116. The molecule has 0 unspecified atom stereocenters. The summed E-state index contributed by atoms with van der Waals surface area (Å²) in [4.78, 5) is 6.62. The quantitative estimate of drug-likeness (QED) is 0.0636. The fourth-order valence-corrected chi connectivity index (χ4v) is 31.7. The molecule has 17 aliphatic rings. The maximum Gasteiger partial charge on any atom is 0.267 e. The third-order valence-electron chi connectivity index (χ3n) is 37.2. The first kappa shape index (κ1) is 88.3. The van der Waals surface area contributed by atoms with Gasteiger partial charge < -0.3 is 25.2 Å². The van der Waals surface area contributed by atoms with Gasteiger partial charge in [-0.2, -0.15) is 19.2 Å². The number of nitrogens with zero attached hydrogens (tertiary/aromatic N) is 16. The van der Waals surface area contributed by atoms with Crippen molar-refractivity contribution in [2.24, 2.45) is 146 Å². The molecule has 21 nitrogen and oxygen atoms in total. The Hall–Kier alpha value is -6.73. The molecule has 0 aliphatic heterocycles. The Morgan fingerprint density at radius 1 is 0.423 bits per heavy atom. The smallest absolute Gasteiger partial charge is 0.267 e. The monoisotopic (exact) mass is 1710 g/mol. The van der Waals surface area contributed by atoms with Gasteiger partial charge in [0.1, 0.15) is 16.8 Å². The molecule has 17 aliphatic carbocycles. The third-order valence-corrected chi connectivity index (χ3v) is 37.3. The Labute approximate surface area is 734 Å². The number of allylic oxidation sites excluding steroid dienone is 8. The van der Waals surface area contributed by atoms with Crippen molar-refractivity contribution in [2.45, 2.75) is 308 Å². The van der Waals surface area contributed by atoms with Crippen molar-refractivity contribution in [1.29, 1.82) is 0 Å². The number of hydrogen-bond donors (Lipinski definition) is 4. The van der Waals surface area contributed by atoms with Gasteiger partial charge in [0, 0.05) is 37.7 Å². The summed E-state index contributed by atoms with van der Waals surface area (Å²) in [6.45, 7) is 31.0. The maximum atomic E-state index is 13.4. The van der Waals surface area contributed by atoms with Crippen LogP contribution < -0.4 is 0 Å². The van der Waals surface area contributed by atoms with Gasteiger partial charge in [-0.05, 0) is 372 Å². The standard InChI is InChI=1S/C27H36N4O.C24H31ClN4O.C24H36N4O2.C23H32F2N4O.CH4/c1-18(16-31-29-17-28-30-31)24-7-8-25-23-6-5-20-15-27(32,13-9-19-3-4-19)14-11-21(20)22(23)10-12-26(24,25)2;1-16(14-29-27-15-26-28-29)21-5-6-22-20-4-3-17-13-24(30,11-12-25)10-8-18(17)19(20)7-9-23(21,22)2;1-16(13-28-26-15-25-27-28)21-6-7-22-20-5-4-17-12-24(29,14-30-3)11-9-18(17)19(20)8-10-23(21,22)2;1-14(12-29-27-13-26-28-29)19-5-6-20-18-4-3-15-11-23(30,21(24)25)10-8-16(15)17(18)7-9-22(19,20)2;/h5,17,19,21-25,32H,1,3-4,6-8,10-12,14-16H2,2H3;3,15,18-22,30H,1,4-10,13-14H2,2H3;4,15,18-22,29H,1,5-14H2,2-3H3;3,13,16-21,30H,1,4-12H2,2H3;1H4/t21-,22+,23+,24+,25-,26+,27-;18-,19+,20+,21+,22-,23+,24+;18-,19+,20+,21+,22-,23+,24-;16-,17+,18+,19+,20-,22+,23-;/m0000./s1. The van der Waals surface area contributed by atoms with Gasteiger partial charge in [-0.25, -0.2) is 8.78 Å². The topological polar surface area (TPSA) is 265 Å². The zero-order chi connectivity index (χ0) is 84.9. The van der Waals surface area contributed by atoms with Crippen molar-refractivity contribution in [1.82, 2.24) is 80.8 Å². The molecule has 21 rings (SSSR count). The molecular formula is C99H139ClF2N16O5. The van der Waals surface area contributed by atoms with Crippen molar-refractivity contribution in [3.8, 4) is 23.1 Å². The molecule has 0 radical (unpaired) electrons. The van der Waals surface area contributed by atoms with Crippen LogP contribution in [0.15, 0.2) is 121 Å². The van der Waals surface area contributed by atoms with Crippen molar-refractivity contribution < 1.29 is 33.9 Å². The molecule has 0 bridgehead atoms. The van der Waals surface area contributed by atoms with Crippen molar-refractivity contribution in [3.05, 3.63) is 121 Å². The highest BCUT2D eigenvalue weighted by Crippen LogP contribution is 2.70. The van der Waals surface area contributed by atoms with Gasteiger partial charge in [0.05, 0.1) is 38.4 Å².